The second-order valence-electron chi connectivity index (χ2n) is 5.17. The van der Waals surface area contributed by atoms with E-state index in [0.717, 1.165) is 25.1 Å². The zero-order valence-corrected chi connectivity index (χ0v) is 11.8. The van der Waals surface area contributed by atoms with Gasteiger partial charge in [0.1, 0.15) is 0 Å². The van der Waals surface area contributed by atoms with Crippen molar-refractivity contribution >= 4 is 11.6 Å². The number of nitrogens with zero attached hydrogens (tertiary/aromatic N) is 1. The summed E-state index contributed by atoms with van der Waals surface area (Å²) in [6, 6.07) is 6.04. The Hall–Kier alpha value is -1.55. The highest BCUT2D eigenvalue weighted by molar-refractivity contribution is 5.99. The fourth-order valence-electron chi connectivity index (χ4n) is 2.73. The lowest BCUT2D eigenvalue weighted by molar-refractivity contribution is 0.0942. The van der Waals surface area contributed by atoms with Crippen LogP contribution in [0.15, 0.2) is 18.2 Å². The average Bonchev–Trinajstić information content (AvgIpc) is 2.86. The topological polar surface area (TPSA) is 58.4 Å². The molecule has 1 fully saturated rings. The second-order valence-corrected chi connectivity index (χ2v) is 5.17. The monoisotopic (exact) mass is 261 g/mol. The number of likely N-dealkylation sites (tertiary alicyclic amines) is 1. The first-order valence-electron chi connectivity index (χ1n) is 7.00. The maximum Gasteiger partial charge on any atom is 0.253 e. The number of likely N-dealkylation sites (N-methyl/N-ethyl adjacent to an activating group) is 1. The summed E-state index contributed by atoms with van der Waals surface area (Å²) in [5.74, 6) is -0.0656. The third-order valence-electron chi connectivity index (χ3n) is 3.97. The Kier molecular flexibility index (Phi) is 4.43. The van der Waals surface area contributed by atoms with Crippen molar-refractivity contribution in [2.24, 2.45) is 0 Å². The van der Waals surface area contributed by atoms with Crippen LogP contribution in [-0.4, -0.2) is 36.5 Å². The molecule has 2 rings (SSSR count). The Morgan fingerprint density at radius 1 is 1.53 bits per heavy atom. The molecular formula is C15H23N3O. The molecule has 0 spiro atoms. The highest BCUT2D eigenvalue weighted by Gasteiger charge is 2.23. The predicted molar refractivity (Wildman–Crippen MR) is 78.2 cm³/mol. The molecule has 0 aliphatic carbocycles. The Bertz CT molecular complexity index is 459. The van der Waals surface area contributed by atoms with Gasteiger partial charge in [0.15, 0.2) is 0 Å². The van der Waals surface area contributed by atoms with Crippen LogP contribution in [0.25, 0.3) is 0 Å². The second kappa shape index (κ2) is 6.06. The smallest absolute Gasteiger partial charge is 0.253 e. The molecule has 3 N–H and O–H groups in total. The van der Waals surface area contributed by atoms with Crippen LogP contribution >= 0.6 is 0 Å². The minimum Gasteiger partial charge on any atom is -0.398 e. The molecule has 0 radical (unpaired) electrons. The minimum absolute atomic E-state index is 0.0656. The fraction of sp³-hybridized carbons (Fsp3) is 0.533. The van der Waals surface area contributed by atoms with E-state index in [0.29, 0.717) is 23.8 Å². The molecule has 1 aliphatic rings. The molecule has 1 aliphatic heterocycles. The molecule has 1 aromatic carbocycles. The SMILES string of the molecule is CCN1CCC[C@@H]1CNC(=O)c1cccc(C)c1N. The number of nitrogen functional groups attached to an aromatic ring is 1. The van der Waals surface area contributed by atoms with Crippen molar-refractivity contribution in [3.05, 3.63) is 29.3 Å². The highest BCUT2D eigenvalue weighted by Crippen LogP contribution is 2.18. The van der Waals surface area contributed by atoms with Gasteiger partial charge in [-0.1, -0.05) is 19.1 Å². The van der Waals surface area contributed by atoms with Gasteiger partial charge < -0.3 is 11.1 Å². The third kappa shape index (κ3) is 3.07. The molecule has 4 heteroatoms. The van der Waals surface area contributed by atoms with Crippen molar-refractivity contribution in [1.82, 2.24) is 10.2 Å². The normalized spacial score (nSPS) is 19.6. The van der Waals surface area contributed by atoms with Crippen LogP contribution in [0.4, 0.5) is 5.69 Å². The predicted octanol–water partition coefficient (Wildman–Crippen LogP) is 1.79. The van der Waals surface area contributed by atoms with Gasteiger partial charge in [-0.25, -0.2) is 0 Å². The molecule has 1 atom stereocenters. The van der Waals surface area contributed by atoms with Crippen molar-refractivity contribution < 1.29 is 4.79 Å². The maximum absolute atomic E-state index is 12.2. The van der Waals surface area contributed by atoms with Gasteiger partial charge in [0.05, 0.1) is 5.56 Å². The van der Waals surface area contributed by atoms with Gasteiger partial charge in [0.25, 0.3) is 5.91 Å². The van der Waals surface area contributed by atoms with E-state index in [2.05, 4.69) is 17.1 Å². The molecule has 1 saturated heterocycles. The van der Waals surface area contributed by atoms with Crippen molar-refractivity contribution in [3.8, 4) is 0 Å². The lowest BCUT2D eigenvalue weighted by Gasteiger charge is -2.23. The zero-order valence-electron chi connectivity index (χ0n) is 11.8. The first kappa shape index (κ1) is 13.9. The highest BCUT2D eigenvalue weighted by atomic mass is 16.1. The Morgan fingerprint density at radius 2 is 2.32 bits per heavy atom. The Morgan fingerprint density at radius 3 is 3.05 bits per heavy atom. The summed E-state index contributed by atoms with van der Waals surface area (Å²) in [5.41, 5.74) is 8.06. The zero-order chi connectivity index (χ0) is 13.8. The van der Waals surface area contributed by atoms with Crippen molar-refractivity contribution in [3.63, 3.8) is 0 Å². The number of aryl methyl sites for hydroxylation is 1. The summed E-state index contributed by atoms with van der Waals surface area (Å²) in [7, 11) is 0. The van der Waals surface area contributed by atoms with Crippen LogP contribution in [0.1, 0.15) is 35.7 Å². The van der Waals surface area contributed by atoms with E-state index in [9.17, 15) is 4.79 Å². The van der Waals surface area contributed by atoms with Gasteiger partial charge in [0.2, 0.25) is 0 Å². The Labute approximate surface area is 115 Å². The van der Waals surface area contributed by atoms with Crippen LogP contribution in [-0.2, 0) is 0 Å². The van der Waals surface area contributed by atoms with E-state index in [1.807, 2.05) is 19.1 Å². The van der Waals surface area contributed by atoms with E-state index in [1.165, 1.54) is 6.42 Å². The summed E-state index contributed by atoms with van der Waals surface area (Å²) in [5, 5.41) is 3.01. The Balaban J connectivity index is 1.96. The molecule has 0 aromatic heterocycles. The molecule has 0 bridgehead atoms. The van der Waals surface area contributed by atoms with Crippen LogP contribution in [0.2, 0.25) is 0 Å². The lowest BCUT2D eigenvalue weighted by atomic mass is 10.1. The van der Waals surface area contributed by atoms with Gasteiger partial charge in [-0.05, 0) is 44.5 Å². The van der Waals surface area contributed by atoms with E-state index in [-0.39, 0.29) is 5.91 Å². The van der Waals surface area contributed by atoms with Crippen LogP contribution in [0.3, 0.4) is 0 Å². The van der Waals surface area contributed by atoms with Crippen molar-refractivity contribution in [1.29, 1.82) is 0 Å². The van der Waals surface area contributed by atoms with E-state index in [4.69, 9.17) is 5.73 Å². The number of carbonyl (C=O) groups is 1. The summed E-state index contributed by atoms with van der Waals surface area (Å²) in [6.07, 6.45) is 2.39. The molecular weight excluding hydrogens is 238 g/mol. The summed E-state index contributed by atoms with van der Waals surface area (Å²) in [6.45, 7) is 6.98. The summed E-state index contributed by atoms with van der Waals surface area (Å²) >= 11 is 0. The first-order chi connectivity index (χ1) is 9.13. The van der Waals surface area contributed by atoms with E-state index >= 15 is 0 Å². The molecule has 1 heterocycles. The number of nitrogens with one attached hydrogen (secondary N) is 1. The van der Waals surface area contributed by atoms with Crippen LogP contribution in [0, 0.1) is 6.92 Å². The van der Waals surface area contributed by atoms with Gasteiger partial charge >= 0.3 is 0 Å². The van der Waals surface area contributed by atoms with Gasteiger partial charge in [-0.3, -0.25) is 9.69 Å². The minimum atomic E-state index is -0.0656. The van der Waals surface area contributed by atoms with E-state index < -0.39 is 0 Å². The molecule has 1 aromatic rings. The maximum atomic E-state index is 12.2. The van der Waals surface area contributed by atoms with Crippen molar-refractivity contribution in [2.45, 2.75) is 32.7 Å². The quantitative estimate of drug-likeness (QED) is 0.812. The number of benzene rings is 1. The molecule has 1 amide bonds. The standard InChI is InChI=1S/C15H23N3O/c1-3-18-9-5-7-12(18)10-17-15(19)13-8-4-6-11(2)14(13)16/h4,6,8,12H,3,5,7,9-10,16H2,1-2H3,(H,17,19)/t12-/m1/s1. The van der Waals surface area contributed by atoms with Gasteiger partial charge in [-0.2, -0.15) is 0 Å². The number of hydrogen-bond donors (Lipinski definition) is 2. The molecule has 4 nitrogen and oxygen atoms in total. The molecule has 104 valence electrons. The number of nitrogens with two attached hydrogens (primary N) is 1. The number of rotatable bonds is 4. The number of para-hydroxylation sites is 1. The fourth-order valence-corrected chi connectivity index (χ4v) is 2.73. The number of amides is 1. The van der Waals surface area contributed by atoms with Gasteiger partial charge in [-0.15, -0.1) is 0 Å². The average molecular weight is 261 g/mol. The molecule has 0 unspecified atom stereocenters. The van der Waals surface area contributed by atoms with Crippen LogP contribution in [0.5, 0.6) is 0 Å². The van der Waals surface area contributed by atoms with Crippen LogP contribution < -0.4 is 11.1 Å². The number of carbonyl (C=O) groups excluding carboxylic acids is 1. The summed E-state index contributed by atoms with van der Waals surface area (Å²) in [4.78, 5) is 14.6. The van der Waals surface area contributed by atoms with E-state index in [1.54, 1.807) is 6.07 Å². The van der Waals surface area contributed by atoms with Gasteiger partial charge in [0, 0.05) is 18.3 Å². The number of anilines is 1. The third-order valence-corrected chi connectivity index (χ3v) is 3.97. The summed E-state index contributed by atoms with van der Waals surface area (Å²) < 4.78 is 0. The largest absolute Gasteiger partial charge is 0.398 e. The number of hydrogen-bond acceptors (Lipinski definition) is 3. The first-order valence-corrected chi connectivity index (χ1v) is 7.00. The molecule has 0 saturated carbocycles. The van der Waals surface area contributed by atoms with Crippen molar-refractivity contribution in [2.75, 3.05) is 25.4 Å². The lowest BCUT2D eigenvalue weighted by Crippen LogP contribution is -2.40. The molecule has 19 heavy (non-hydrogen) atoms.